The minimum atomic E-state index is 0.528. The summed E-state index contributed by atoms with van der Waals surface area (Å²) in [6, 6.07) is 53.4. The number of rotatable bonds is 4. The van der Waals surface area contributed by atoms with Crippen LogP contribution < -0.4 is 0 Å². The van der Waals surface area contributed by atoms with Crippen molar-refractivity contribution >= 4 is 43.9 Å². The molecule has 0 unspecified atom stereocenters. The van der Waals surface area contributed by atoms with Gasteiger partial charge in [0.2, 0.25) is 0 Å². The van der Waals surface area contributed by atoms with E-state index in [-0.39, 0.29) is 0 Å². The summed E-state index contributed by atoms with van der Waals surface area (Å²) in [4.78, 5) is 0. The summed E-state index contributed by atoms with van der Waals surface area (Å²) in [5.41, 5.74) is 12.2. The maximum absolute atomic E-state index is 10.1. The largest absolute Gasteiger partial charge is 0.456 e. The number of benzene rings is 7. The second-order valence-corrected chi connectivity index (χ2v) is 12.0. The number of fused-ring (bicyclic) bond motifs is 6. The minimum absolute atomic E-state index is 0.528. The lowest BCUT2D eigenvalue weighted by Gasteiger charge is -2.14. The van der Waals surface area contributed by atoms with Crippen LogP contribution in [-0.4, -0.2) is 0 Å². The van der Waals surface area contributed by atoms with Gasteiger partial charge >= 0.3 is 0 Å². The fourth-order valence-electron chi connectivity index (χ4n) is 6.79. The predicted octanol–water partition coefficient (Wildman–Crippen LogP) is 11.9. The Morgan fingerprint density at radius 1 is 0.354 bits per heavy atom. The summed E-state index contributed by atoms with van der Waals surface area (Å²) >= 11 is 0. The highest BCUT2D eigenvalue weighted by atomic mass is 16.3. The summed E-state index contributed by atoms with van der Waals surface area (Å²) in [6.07, 6.45) is 0. The first-order chi connectivity index (χ1) is 23.6. The van der Waals surface area contributed by atoms with Crippen LogP contribution in [0.2, 0.25) is 0 Å². The summed E-state index contributed by atoms with van der Waals surface area (Å²) in [5, 5.41) is 24.2. The van der Waals surface area contributed by atoms with Crippen molar-refractivity contribution in [1.29, 1.82) is 10.5 Å². The van der Waals surface area contributed by atoms with Gasteiger partial charge in [-0.1, -0.05) is 66.7 Å². The molecule has 0 aliphatic heterocycles. The molecule has 0 atom stereocenters. The Kier molecular flexibility index (Phi) is 6.22. The van der Waals surface area contributed by atoms with Crippen LogP contribution in [0.1, 0.15) is 11.1 Å². The highest BCUT2D eigenvalue weighted by Gasteiger charge is 2.15. The molecule has 4 heteroatoms. The number of para-hydroxylation sites is 2. The first-order valence-electron chi connectivity index (χ1n) is 15.7. The van der Waals surface area contributed by atoms with Gasteiger partial charge in [-0.15, -0.1) is 0 Å². The molecule has 2 heterocycles. The monoisotopic (exact) mass is 612 g/mol. The highest BCUT2D eigenvalue weighted by Crippen LogP contribution is 2.39. The second-order valence-electron chi connectivity index (χ2n) is 12.0. The molecule has 7 aromatic carbocycles. The second kappa shape index (κ2) is 10.9. The molecule has 9 aromatic rings. The molecule has 222 valence electrons. The van der Waals surface area contributed by atoms with Crippen LogP contribution in [0, 0.1) is 22.7 Å². The van der Waals surface area contributed by atoms with E-state index in [1.807, 2.05) is 78.9 Å². The molecular weight excluding hydrogens is 588 g/mol. The van der Waals surface area contributed by atoms with Crippen molar-refractivity contribution in [1.82, 2.24) is 0 Å². The van der Waals surface area contributed by atoms with Gasteiger partial charge in [0.1, 0.15) is 22.3 Å². The van der Waals surface area contributed by atoms with Crippen LogP contribution >= 0.6 is 0 Å². The third-order valence-electron chi connectivity index (χ3n) is 9.11. The van der Waals surface area contributed by atoms with Crippen molar-refractivity contribution < 1.29 is 8.83 Å². The molecule has 0 saturated heterocycles. The van der Waals surface area contributed by atoms with E-state index in [0.717, 1.165) is 88.4 Å². The van der Waals surface area contributed by atoms with Gasteiger partial charge in [-0.2, -0.15) is 10.5 Å². The lowest BCUT2D eigenvalue weighted by molar-refractivity contribution is 0.668. The fraction of sp³-hybridized carbons (Fsp3) is 0. The molecule has 0 radical (unpaired) electrons. The molecule has 48 heavy (non-hydrogen) atoms. The van der Waals surface area contributed by atoms with Gasteiger partial charge in [-0.25, -0.2) is 0 Å². The number of nitrogens with zero attached hydrogens (tertiary/aromatic N) is 2. The lowest BCUT2D eigenvalue weighted by Crippen LogP contribution is -1.90. The number of nitriles is 2. The first kappa shape index (κ1) is 27.4. The van der Waals surface area contributed by atoms with Crippen molar-refractivity contribution in [2.75, 3.05) is 0 Å². The fourth-order valence-corrected chi connectivity index (χ4v) is 6.79. The maximum atomic E-state index is 10.1. The third kappa shape index (κ3) is 4.52. The Morgan fingerprint density at radius 3 is 1.40 bits per heavy atom. The maximum Gasteiger partial charge on any atom is 0.135 e. The zero-order valence-electron chi connectivity index (χ0n) is 25.6. The van der Waals surface area contributed by atoms with E-state index in [9.17, 15) is 10.5 Å². The van der Waals surface area contributed by atoms with Crippen molar-refractivity contribution in [3.63, 3.8) is 0 Å². The smallest absolute Gasteiger partial charge is 0.135 e. The quantitative estimate of drug-likeness (QED) is 0.198. The van der Waals surface area contributed by atoms with Gasteiger partial charge in [0, 0.05) is 21.5 Å². The van der Waals surface area contributed by atoms with E-state index >= 15 is 0 Å². The van der Waals surface area contributed by atoms with E-state index in [4.69, 9.17) is 8.83 Å². The van der Waals surface area contributed by atoms with Crippen LogP contribution in [-0.2, 0) is 0 Å². The summed E-state index contributed by atoms with van der Waals surface area (Å²) < 4.78 is 12.3. The standard InChI is InChI=1S/C44H24N2O2/c45-25-27-17-31(22-35(18-27)36-8-2-1-7-30(36)26-46)34-20-32(28-13-15-43-39(23-28)37-9-3-5-11-41(37)47-43)19-33(21-34)29-14-16-44-40(24-29)38-10-4-6-12-42(38)48-44/h1-24H. The Hall–Kier alpha value is -6.88. The number of hydrogen-bond acceptors (Lipinski definition) is 4. The van der Waals surface area contributed by atoms with Crippen molar-refractivity contribution in [2.45, 2.75) is 0 Å². The van der Waals surface area contributed by atoms with Crippen LogP contribution in [0.5, 0.6) is 0 Å². The molecule has 0 saturated carbocycles. The molecule has 0 bridgehead atoms. The zero-order chi connectivity index (χ0) is 32.2. The normalized spacial score (nSPS) is 11.3. The topological polar surface area (TPSA) is 73.9 Å². The highest BCUT2D eigenvalue weighted by molar-refractivity contribution is 6.07. The predicted molar refractivity (Wildman–Crippen MR) is 192 cm³/mol. The number of hydrogen-bond donors (Lipinski definition) is 0. The molecule has 4 nitrogen and oxygen atoms in total. The lowest BCUT2D eigenvalue weighted by atomic mass is 9.90. The average Bonchev–Trinajstić information content (AvgIpc) is 3.72. The Bertz CT molecular complexity index is 2690. The molecule has 0 spiro atoms. The van der Waals surface area contributed by atoms with Gasteiger partial charge < -0.3 is 8.83 Å². The molecule has 0 N–H and O–H groups in total. The van der Waals surface area contributed by atoms with Gasteiger partial charge in [0.15, 0.2) is 0 Å². The van der Waals surface area contributed by atoms with E-state index in [1.165, 1.54) is 0 Å². The van der Waals surface area contributed by atoms with Crippen LogP contribution in [0.3, 0.4) is 0 Å². The van der Waals surface area contributed by atoms with E-state index in [1.54, 1.807) is 6.07 Å². The summed E-state index contributed by atoms with van der Waals surface area (Å²) in [7, 11) is 0. The van der Waals surface area contributed by atoms with Gasteiger partial charge in [0.05, 0.1) is 23.3 Å². The van der Waals surface area contributed by atoms with Gasteiger partial charge in [-0.3, -0.25) is 0 Å². The average molecular weight is 613 g/mol. The van der Waals surface area contributed by atoms with Crippen LogP contribution in [0.25, 0.3) is 88.4 Å². The van der Waals surface area contributed by atoms with Crippen LogP contribution in [0.4, 0.5) is 0 Å². The molecule has 0 fully saturated rings. The first-order valence-corrected chi connectivity index (χ1v) is 15.7. The third-order valence-corrected chi connectivity index (χ3v) is 9.11. The van der Waals surface area contributed by atoms with Gasteiger partial charge in [0.25, 0.3) is 0 Å². The van der Waals surface area contributed by atoms with E-state index in [0.29, 0.717) is 11.1 Å². The Morgan fingerprint density at radius 2 is 0.812 bits per heavy atom. The van der Waals surface area contributed by atoms with Crippen molar-refractivity contribution in [2.24, 2.45) is 0 Å². The minimum Gasteiger partial charge on any atom is -0.456 e. The van der Waals surface area contributed by atoms with Crippen molar-refractivity contribution in [3.8, 4) is 56.6 Å². The van der Waals surface area contributed by atoms with E-state index < -0.39 is 0 Å². The summed E-state index contributed by atoms with van der Waals surface area (Å²) in [5.74, 6) is 0. The van der Waals surface area contributed by atoms with E-state index in [2.05, 4.69) is 72.8 Å². The Labute approximate surface area is 275 Å². The van der Waals surface area contributed by atoms with Crippen molar-refractivity contribution in [3.05, 3.63) is 157 Å². The number of furan rings is 2. The molecule has 9 rings (SSSR count). The molecular formula is C44H24N2O2. The molecule has 0 amide bonds. The van der Waals surface area contributed by atoms with Gasteiger partial charge in [-0.05, 0) is 123 Å². The zero-order valence-corrected chi connectivity index (χ0v) is 25.6. The molecule has 0 aliphatic rings. The SMILES string of the molecule is N#Cc1cc(-c2cc(-c3ccc4oc5ccccc5c4c3)cc(-c3ccc4oc5ccccc5c4c3)c2)cc(-c2ccccc2C#N)c1. The summed E-state index contributed by atoms with van der Waals surface area (Å²) in [6.45, 7) is 0. The van der Waals surface area contributed by atoms with Crippen LogP contribution in [0.15, 0.2) is 154 Å². The molecule has 0 aliphatic carbocycles. The molecule has 2 aromatic heterocycles. The Balaban J connectivity index is 1.28.